The molecule has 1 saturated heterocycles. The molecule has 2 aromatic rings. The molecular weight excluding hydrogens is 343 g/mol. The molecule has 0 aromatic heterocycles. The number of carbonyl (C=O) groups excluding carboxylic acids is 1. The molecule has 2 N–H and O–H groups in total. The molecule has 0 radical (unpaired) electrons. The van der Waals surface area contributed by atoms with Gasteiger partial charge in [0.05, 0.1) is 0 Å². The number of hydrogen-bond acceptors (Lipinski definition) is 3. The number of nitrogens with one attached hydrogen (secondary N) is 2. The first-order valence-corrected chi connectivity index (χ1v) is 9.37. The van der Waals surface area contributed by atoms with Crippen LogP contribution in [0.5, 0.6) is 0 Å². The summed E-state index contributed by atoms with van der Waals surface area (Å²) in [5.41, 5.74) is 4.15. The van der Waals surface area contributed by atoms with Crippen molar-refractivity contribution in [1.29, 1.82) is 0 Å². The predicted molar refractivity (Wildman–Crippen MR) is 108 cm³/mol. The molecule has 1 aliphatic heterocycles. The number of piperazine rings is 1. The van der Waals surface area contributed by atoms with Crippen LogP contribution >= 0.6 is 0 Å². The van der Waals surface area contributed by atoms with E-state index >= 15 is 0 Å². The van der Waals surface area contributed by atoms with E-state index in [1.165, 1.54) is 12.1 Å². The minimum Gasteiger partial charge on any atom is -0.369 e. The molecule has 2 amide bonds. The molecule has 1 fully saturated rings. The van der Waals surface area contributed by atoms with E-state index in [1.807, 2.05) is 44.2 Å². The molecule has 3 rings (SSSR count). The number of halogens is 1. The van der Waals surface area contributed by atoms with Crippen molar-refractivity contribution in [1.82, 2.24) is 10.2 Å². The Balaban J connectivity index is 1.38. The van der Waals surface area contributed by atoms with Crippen molar-refractivity contribution >= 4 is 17.4 Å². The lowest BCUT2D eigenvalue weighted by atomic mass is 10.1. The average Bonchev–Trinajstić information content (AvgIpc) is 2.67. The largest absolute Gasteiger partial charge is 0.369 e. The van der Waals surface area contributed by atoms with Crippen LogP contribution in [0, 0.1) is 19.7 Å². The lowest BCUT2D eigenvalue weighted by Gasteiger charge is -2.36. The highest BCUT2D eigenvalue weighted by Gasteiger charge is 2.17. The Morgan fingerprint density at radius 3 is 2.44 bits per heavy atom. The molecule has 27 heavy (non-hydrogen) atoms. The van der Waals surface area contributed by atoms with E-state index in [2.05, 4.69) is 20.4 Å². The van der Waals surface area contributed by atoms with E-state index in [0.29, 0.717) is 6.54 Å². The fourth-order valence-corrected chi connectivity index (χ4v) is 3.26. The summed E-state index contributed by atoms with van der Waals surface area (Å²) in [5.74, 6) is -0.206. The first-order chi connectivity index (χ1) is 13.0. The van der Waals surface area contributed by atoms with Gasteiger partial charge in [0.2, 0.25) is 0 Å². The van der Waals surface area contributed by atoms with E-state index in [0.717, 1.165) is 55.2 Å². The van der Waals surface area contributed by atoms with Gasteiger partial charge in [0.1, 0.15) is 5.82 Å². The zero-order valence-corrected chi connectivity index (χ0v) is 16.0. The Morgan fingerprint density at radius 2 is 1.74 bits per heavy atom. The monoisotopic (exact) mass is 370 g/mol. The summed E-state index contributed by atoms with van der Waals surface area (Å²) < 4.78 is 13.0. The molecule has 0 bridgehead atoms. The molecule has 5 nitrogen and oxygen atoms in total. The maximum atomic E-state index is 13.0. The van der Waals surface area contributed by atoms with Gasteiger partial charge in [-0.05, 0) is 55.3 Å². The van der Waals surface area contributed by atoms with Crippen molar-refractivity contribution in [3.05, 3.63) is 59.4 Å². The third kappa shape index (κ3) is 5.20. The van der Waals surface area contributed by atoms with Crippen LogP contribution in [0.15, 0.2) is 42.5 Å². The third-order valence-electron chi connectivity index (χ3n) is 5.13. The first kappa shape index (κ1) is 19.2. The summed E-state index contributed by atoms with van der Waals surface area (Å²) in [6.07, 6.45) is 0. The third-order valence-corrected chi connectivity index (χ3v) is 5.13. The van der Waals surface area contributed by atoms with Gasteiger partial charge in [0.25, 0.3) is 0 Å². The summed E-state index contributed by atoms with van der Waals surface area (Å²) in [6, 6.07) is 12.4. The number of aryl methyl sites for hydroxylation is 1. The second-order valence-corrected chi connectivity index (χ2v) is 6.93. The zero-order chi connectivity index (χ0) is 19.2. The first-order valence-electron chi connectivity index (χ1n) is 9.37. The van der Waals surface area contributed by atoms with Gasteiger partial charge >= 0.3 is 6.03 Å². The summed E-state index contributed by atoms with van der Waals surface area (Å²) in [5, 5.41) is 5.84. The van der Waals surface area contributed by atoms with Crippen LogP contribution in [-0.4, -0.2) is 50.2 Å². The van der Waals surface area contributed by atoms with Crippen LogP contribution in [0.3, 0.4) is 0 Å². The zero-order valence-electron chi connectivity index (χ0n) is 16.0. The van der Waals surface area contributed by atoms with E-state index in [1.54, 1.807) is 0 Å². The number of amides is 2. The second kappa shape index (κ2) is 8.86. The van der Waals surface area contributed by atoms with Crippen LogP contribution in [0.1, 0.15) is 11.1 Å². The Labute approximate surface area is 160 Å². The molecular formula is C21H27FN4O. The Morgan fingerprint density at radius 1 is 1.04 bits per heavy atom. The van der Waals surface area contributed by atoms with Crippen molar-refractivity contribution in [3.63, 3.8) is 0 Å². The summed E-state index contributed by atoms with van der Waals surface area (Å²) in [4.78, 5) is 16.7. The fraction of sp³-hybridized carbons (Fsp3) is 0.381. The maximum Gasteiger partial charge on any atom is 0.319 e. The topological polar surface area (TPSA) is 47.6 Å². The van der Waals surface area contributed by atoms with Crippen molar-refractivity contribution in [2.75, 3.05) is 49.5 Å². The summed E-state index contributed by atoms with van der Waals surface area (Å²) in [7, 11) is 0. The molecule has 6 heteroatoms. The Bertz CT molecular complexity index is 770. The molecule has 0 spiro atoms. The highest BCUT2D eigenvalue weighted by Crippen LogP contribution is 2.18. The van der Waals surface area contributed by atoms with E-state index in [-0.39, 0.29) is 11.8 Å². The quantitative estimate of drug-likeness (QED) is 0.848. The molecule has 0 saturated carbocycles. The van der Waals surface area contributed by atoms with Crippen molar-refractivity contribution in [2.24, 2.45) is 0 Å². The van der Waals surface area contributed by atoms with Crippen molar-refractivity contribution in [3.8, 4) is 0 Å². The van der Waals surface area contributed by atoms with Gasteiger partial charge in [-0.25, -0.2) is 9.18 Å². The lowest BCUT2D eigenvalue weighted by Crippen LogP contribution is -2.48. The van der Waals surface area contributed by atoms with E-state index < -0.39 is 0 Å². The molecule has 144 valence electrons. The highest BCUT2D eigenvalue weighted by molar-refractivity contribution is 5.90. The maximum absolute atomic E-state index is 13.0. The average molecular weight is 370 g/mol. The van der Waals surface area contributed by atoms with Crippen molar-refractivity contribution < 1.29 is 9.18 Å². The number of rotatable bonds is 5. The van der Waals surface area contributed by atoms with Gasteiger partial charge in [-0.2, -0.15) is 0 Å². The number of anilines is 2. The van der Waals surface area contributed by atoms with E-state index in [9.17, 15) is 9.18 Å². The van der Waals surface area contributed by atoms with Gasteiger partial charge in [-0.3, -0.25) is 4.90 Å². The predicted octanol–water partition coefficient (Wildman–Crippen LogP) is 3.39. The van der Waals surface area contributed by atoms with Crippen LogP contribution in [0.25, 0.3) is 0 Å². The number of hydrogen-bond donors (Lipinski definition) is 2. The molecule has 0 aliphatic carbocycles. The molecule has 1 aliphatic rings. The van der Waals surface area contributed by atoms with Gasteiger partial charge in [0, 0.05) is 50.6 Å². The SMILES string of the molecule is Cc1cccc(NC(=O)NCCN2CCN(c3ccc(F)cc3)CC2)c1C. The van der Waals surface area contributed by atoms with Crippen LogP contribution in [0.4, 0.5) is 20.6 Å². The smallest absolute Gasteiger partial charge is 0.319 e. The lowest BCUT2D eigenvalue weighted by molar-refractivity contribution is 0.240. The number of nitrogens with zero attached hydrogens (tertiary/aromatic N) is 2. The number of carbonyl (C=O) groups is 1. The van der Waals surface area contributed by atoms with Crippen LogP contribution in [0.2, 0.25) is 0 Å². The van der Waals surface area contributed by atoms with Crippen LogP contribution < -0.4 is 15.5 Å². The molecule has 0 atom stereocenters. The summed E-state index contributed by atoms with van der Waals surface area (Å²) in [6.45, 7) is 9.12. The fourth-order valence-electron chi connectivity index (χ4n) is 3.26. The normalized spacial score (nSPS) is 14.9. The molecule has 2 aromatic carbocycles. The Hall–Kier alpha value is -2.60. The number of benzene rings is 2. The second-order valence-electron chi connectivity index (χ2n) is 6.93. The highest BCUT2D eigenvalue weighted by atomic mass is 19.1. The minimum atomic E-state index is -0.206. The van der Waals surface area contributed by atoms with Gasteiger partial charge in [0.15, 0.2) is 0 Å². The Kier molecular flexibility index (Phi) is 6.29. The van der Waals surface area contributed by atoms with E-state index in [4.69, 9.17) is 0 Å². The molecule has 1 heterocycles. The van der Waals surface area contributed by atoms with Gasteiger partial charge < -0.3 is 15.5 Å². The minimum absolute atomic E-state index is 0.173. The number of urea groups is 1. The van der Waals surface area contributed by atoms with Crippen LogP contribution in [-0.2, 0) is 0 Å². The van der Waals surface area contributed by atoms with Gasteiger partial charge in [-0.1, -0.05) is 12.1 Å². The van der Waals surface area contributed by atoms with Gasteiger partial charge in [-0.15, -0.1) is 0 Å². The van der Waals surface area contributed by atoms with Crippen molar-refractivity contribution in [2.45, 2.75) is 13.8 Å². The molecule has 0 unspecified atom stereocenters. The standard InChI is InChI=1S/C21H27FN4O/c1-16-4-3-5-20(17(16)2)24-21(27)23-10-11-25-12-14-26(15-13-25)19-8-6-18(22)7-9-19/h3-9H,10-15H2,1-2H3,(H2,23,24,27). The summed E-state index contributed by atoms with van der Waals surface area (Å²) >= 11 is 0.